The first kappa shape index (κ1) is 10.0. The molecule has 2 rings (SSSR count). The Balaban J connectivity index is 2.05. The van der Waals surface area contributed by atoms with Gasteiger partial charge in [-0.2, -0.15) is 0 Å². The van der Waals surface area contributed by atoms with E-state index in [1.807, 2.05) is 11.5 Å². The van der Waals surface area contributed by atoms with Gasteiger partial charge in [0, 0.05) is 31.6 Å². The lowest BCUT2D eigenvalue weighted by Gasteiger charge is -2.03. The highest BCUT2D eigenvalue weighted by Crippen LogP contribution is 2.08. The van der Waals surface area contributed by atoms with Crippen LogP contribution < -0.4 is 0 Å². The molecule has 15 heavy (non-hydrogen) atoms. The monoisotopic (exact) mass is 223 g/mol. The lowest BCUT2D eigenvalue weighted by Crippen LogP contribution is -2.05. The molecule has 0 saturated carbocycles. The lowest BCUT2D eigenvalue weighted by molar-refractivity contribution is 0.662. The van der Waals surface area contributed by atoms with Crippen molar-refractivity contribution in [1.82, 2.24) is 24.7 Å². The van der Waals surface area contributed by atoms with Gasteiger partial charge in [-0.3, -0.25) is 9.97 Å². The highest BCUT2D eigenvalue weighted by Gasteiger charge is 2.05. The summed E-state index contributed by atoms with van der Waals surface area (Å²) in [7, 11) is 0. The summed E-state index contributed by atoms with van der Waals surface area (Å²) >= 11 is 5.86. The molecule has 0 N–H and O–H groups in total. The van der Waals surface area contributed by atoms with Crippen LogP contribution in [0.1, 0.15) is 11.5 Å². The Morgan fingerprint density at radius 3 is 2.80 bits per heavy atom. The van der Waals surface area contributed by atoms with Crippen LogP contribution in [0.4, 0.5) is 0 Å². The van der Waals surface area contributed by atoms with Crippen LogP contribution >= 0.6 is 11.6 Å². The van der Waals surface area contributed by atoms with Crippen molar-refractivity contribution in [2.24, 2.45) is 0 Å². The van der Waals surface area contributed by atoms with Crippen molar-refractivity contribution in [1.29, 1.82) is 0 Å². The van der Waals surface area contributed by atoms with Crippen LogP contribution in [0.25, 0.3) is 0 Å². The van der Waals surface area contributed by atoms with Gasteiger partial charge in [0.25, 0.3) is 0 Å². The second-order valence-corrected chi connectivity index (χ2v) is 3.45. The molecule has 0 atom stereocenters. The van der Waals surface area contributed by atoms with E-state index in [9.17, 15) is 0 Å². The molecule has 0 spiro atoms. The van der Waals surface area contributed by atoms with E-state index in [2.05, 4.69) is 20.2 Å². The number of hydrogen-bond acceptors (Lipinski definition) is 4. The quantitative estimate of drug-likeness (QED) is 0.787. The van der Waals surface area contributed by atoms with Crippen molar-refractivity contribution in [3.8, 4) is 0 Å². The predicted molar refractivity (Wildman–Crippen MR) is 55.5 cm³/mol. The van der Waals surface area contributed by atoms with E-state index >= 15 is 0 Å². The fourth-order valence-electron chi connectivity index (χ4n) is 1.29. The van der Waals surface area contributed by atoms with Gasteiger partial charge in [-0.05, 0) is 18.5 Å². The van der Waals surface area contributed by atoms with Crippen molar-refractivity contribution in [3.05, 3.63) is 35.4 Å². The van der Waals surface area contributed by atoms with Gasteiger partial charge in [0.2, 0.25) is 5.28 Å². The molecule has 0 saturated heterocycles. The number of rotatable bonds is 3. The van der Waals surface area contributed by atoms with Gasteiger partial charge in [-0.15, -0.1) is 10.2 Å². The number of hydrogen-bond donors (Lipinski definition) is 0. The van der Waals surface area contributed by atoms with E-state index in [1.165, 1.54) is 0 Å². The molecule has 2 heterocycles. The largest absolute Gasteiger partial charge is 0.302 e. The van der Waals surface area contributed by atoms with Crippen LogP contribution in [-0.4, -0.2) is 24.7 Å². The Labute approximate surface area is 92.2 Å². The molecule has 2 aromatic rings. The average molecular weight is 224 g/mol. The summed E-state index contributed by atoms with van der Waals surface area (Å²) in [6.07, 6.45) is 5.84. The van der Waals surface area contributed by atoms with Gasteiger partial charge < -0.3 is 4.57 Å². The van der Waals surface area contributed by atoms with Crippen molar-refractivity contribution in [2.45, 2.75) is 19.9 Å². The molecule has 2 aromatic heterocycles. The third-order valence-electron chi connectivity index (χ3n) is 2.10. The van der Waals surface area contributed by atoms with Gasteiger partial charge in [-0.1, -0.05) is 0 Å². The summed E-state index contributed by atoms with van der Waals surface area (Å²) in [5, 5.41) is 8.06. The number of halogens is 1. The van der Waals surface area contributed by atoms with Crippen LogP contribution in [0.2, 0.25) is 5.28 Å². The van der Waals surface area contributed by atoms with Crippen LogP contribution in [0.15, 0.2) is 18.6 Å². The first-order valence-electron chi connectivity index (χ1n) is 4.57. The van der Waals surface area contributed by atoms with Crippen molar-refractivity contribution in [3.63, 3.8) is 0 Å². The van der Waals surface area contributed by atoms with Gasteiger partial charge in [-0.25, -0.2) is 0 Å². The molecule has 0 bridgehead atoms. The maximum absolute atomic E-state index is 5.86. The fraction of sp³-hybridized carbons (Fsp3) is 0.333. The molecule has 0 unspecified atom stereocenters. The van der Waals surface area contributed by atoms with E-state index in [1.54, 1.807) is 18.6 Å². The summed E-state index contributed by atoms with van der Waals surface area (Å²) in [5.41, 5.74) is 0.932. The minimum absolute atomic E-state index is 0.413. The zero-order chi connectivity index (χ0) is 10.7. The van der Waals surface area contributed by atoms with Crippen molar-refractivity contribution in [2.75, 3.05) is 0 Å². The molecule has 0 fully saturated rings. The maximum Gasteiger partial charge on any atom is 0.225 e. The normalized spacial score (nSPS) is 10.5. The molecular formula is C9H10ClN5. The summed E-state index contributed by atoms with van der Waals surface area (Å²) in [6, 6.07) is 0. The van der Waals surface area contributed by atoms with Gasteiger partial charge in [0.15, 0.2) is 0 Å². The first-order chi connectivity index (χ1) is 7.27. The Bertz CT molecular complexity index is 420. The fourth-order valence-corrected chi connectivity index (χ4v) is 1.54. The minimum Gasteiger partial charge on any atom is -0.302 e. The second-order valence-electron chi connectivity index (χ2n) is 3.11. The minimum atomic E-state index is 0.413. The van der Waals surface area contributed by atoms with E-state index < -0.39 is 0 Å². The third-order valence-corrected chi connectivity index (χ3v) is 2.38. The van der Waals surface area contributed by atoms with E-state index in [0.717, 1.165) is 24.5 Å². The van der Waals surface area contributed by atoms with E-state index in [4.69, 9.17) is 11.6 Å². The van der Waals surface area contributed by atoms with Gasteiger partial charge >= 0.3 is 0 Å². The topological polar surface area (TPSA) is 56.5 Å². The summed E-state index contributed by atoms with van der Waals surface area (Å²) in [5.74, 6) is 0.809. The molecule has 0 aliphatic carbocycles. The van der Waals surface area contributed by atoms with Crippen LogP contribution in [0.3, 0.4) is 0 Å². The van der Waals surface area contributed by atoms with Crippen molar-refractivity contribution < 1.29 is 0 Å². The SMILES string of the molecule is Cc1nnc(Cl)n1CCc1cnccn1. The predicted octanol–water partition coefficient (Wildman–Crippen LogP) is 1.27. The molecule has 0 aliphatic heterocycles. The number of nitrogens with zero attached hydrogens (tertiary/aromatic N) is 5. The lowest BCUT2D eigenvalue weighted by atomic mass is 10.3. The molecule has 0 radical (unpaired) electrons. The summed E-state index contributed by atoms with van der Waals surface area (Å²) in [6.45, 7) is 2.59. The number of aryl methyl sites for hydroxylation is 2. The number of aromatic nitrogens is 5. The molecule has 5 nitrogen and oxygen atoms in total. The zero-order valence-electron chi connectivity index (χ0n) is 8.26. The molecule has 0 aromatic carbocycles. The van der Waals surface area contributed by atoms with E-state index in [-0.39, 0.29) is 0 Å². The summed E-state index contributed by atoms with van der Waals surface area (Å²) < 4.78 is 1.84. The Kier molecular flexibility index (Phi) is 2.91. The van der Waals surface area contributed by atoms with Gasteiger partial charge in [0.1, 0.15) is 5.82 Å². The first-order valence-corrected chi connectivity index (χ1v) is 4.95. The summed E-state index contributed by atoms with van der Waals surface area (Å²) in [4.78, 5) is 8.17. The standard InChI is InChI=1S/C9H10ClN5/c1-7-13-14-9(10)15(7)5-2-8-6-11-3-4-12-8/h3-4,6H,2,5H2,1H3. The maximum atomic E-state index is 5.86. The molecular weight excluding hydrogens is 214 g/mol. The average Bonchev–Trinajstić information content (AvgIpc) is 2.58. The van der Waals surface area contributed by atoms with Crippen molar-refractivity contribution >= 4 is 11.6 Å². The molecule has 0 aliphatic rings. The highest BCUT2D eigenvalue weighted by atomic mass is 35.5. The Hall–Kier alpha value is -1.49. The van der Waals surface area contributed by atoms with Crippen LogP contribution in [0, 0.1) is 6.92 Å². The van der Waals surface area contributed by atoms with Crippen LogP contribution in [-0.2, 0) is 13.0 Å². The Morgan fingerprint density at radius 2 is 2.20 bits per heavy atom. The van der Waals surface area contributed by atoms with Crippen LogP contribution in [0.5, 0.6) is 0 Å². The Morgan fingerprint density at radius 1 is 1.33 bits per heavy atom. The molecule has 0 amide bonds. The second kappa shape index (κ2) is 4.35. The third kappa shape index (κ3) is 2.30. The molecule has 6 heteroatoms. The van der Waals surface area contributed by atoms with Gasteiger partial charge in [0.05, 0.1) is 5.69 Å². The smallest absolute Gasteiger partial charge is 0.225 e. The zero-order valence-corrected chi connectivity index (χ0v) is 9.02. The molecule has 78 valence electrons. The highest BCUT2D eigenvalue weighted by molar-refractivity contribution is 6.28. The van der Waals surface area contributed by atoms with E-state index in [0.29, 0.717) is 5.28 Å².